The summed E-state index contributed by atoms with van der Waals surface area (Å²) in [6.45, 7) is 9.01. The number of aliphatic imine (C=N–C) groups is 1. The summed E-state index contributed by atoms with van der Waals surface area (Å²) in [4.78, 5) is 26.0. The van der Waals surface area contributed by atoms with Crippen molar-refractivity contribution >= 4 is 18.3 Å². The molecule has 0 aromatic carbocycles. The zero-order valence-corrected chi connectivity index (χ0v) is 13.2. The van der Waals surface area contributed by atoms with E-state index in [2.05, 4.69) is 11.6 Å². The summed E-state index contributed by atoms with van der Waals surface area (Å²) < 4.78 is 5.41. The second kappa shape index (κ2) is 9.29. The number of quaternary nitrogens is 1. The van der Waals surface area contributed by atoms with Crippen molar-refractivity contribution in [2.24, 2.45) is 4.99 Å². The van der Waals surface area contributed by atoms with Gasteiger partial charge in [0.05, 0.1) is 13.2 Å². The fourth-order valence-corrected chi connectivity index (χ4v) is 2.06. The maximum Gasteiger partial charge on any atom is 0.362 e. The Bertz CT molecular complexity index is 426. The molecule has 0 aromatic heterocycles. The van der Waals surface area contributed by atoms with E-state index >= 15 is 0 Å². The van der Waals surface area contributed by atoms with Crippen molar-refractivity contribution in [1.82, 2.24) is 0 Å². The molecule has 0 amide bonds. The number of nitrogens with zero attached hydrogens (tertiary/aromatic N) is 2. The molecule has 0 saturated carbocycles. The van der Waals surface area contributed by atoms with Gasteiger partial charge >= 0.3 is 11.9 Å². The van der Waals surface area contributed by atoms with E-state index in [-0.39, 0.29) is 11.1 Å². The second-order valence-electron chi connectivity index (χ2n) is 4.94. The number of rotatable bonds is 7. The van der Waals surface area contributed by atoms with E-state index in [0.29, 0.717) is 13.1 Å². The van der Waals surface area contributed by atoms with Crippen LogP contribution in [0.3, 0.4) is 0 Å². The summed E-state index contributed by atoms with van der Waals surface area (Å²) in [6.07, 6.45) is 1.43. The standard InChI is InChI=1S/C11H18N2O5.C3H6O/c1-7(10(14)15)13(5-4-12-6-13)9(3)18-8(2)11(16)17;1-2-3-4/h6-9H,4-5H2,1-3H3,(H-,14,15,16,17);2,4H,1,3H2/p+1. The van der Waals surface area contributed by atoms with Gasteiger partial charge in [0.25, 0.3) is 0 Å². The molecule has 1 aliphatic rings. The summed E-state index contributed by atoms with van der Waals surface area (Å²) in [5.41, 5.74) is 0. The minimum absolute atomic E-state index is 0.0208. The molecule has 8 nitrogen and oxygen atoms in total. The molecule has 22 heavy (non-hydrogen) atoms. The van der Waals surface area contributed by atoms with Crippen LogP contribution in [-0.2, 0) is 14.3 Å². The van der Waals surface area contributed by atoms with Gasteiger partial charge in [-0.2, -0.15) is 0 Å². The first kappa shape index (κ1) is 20.2. The highest BCUT2D eigenvalue weighted by Crippen LogP contribution is 2.23. The third-order valence-electron chi connectivity index (χ3n) is 3.55. The molecule has 0 bridgehead atoms. The summed E-state index contributed by atoms with van der Waals surface area (Å²) in [5, 5.41) is 25.7. The molecule has 0 fully saturated rings. The molecule has 4 unspecified atom stereocenters. The Morgan fingerprint density at radius 1 is 1.36 bits per heavy atom. The van der Waals surface area contributed by atoms with Gasteiger partial charge in [0.1, 0.15) is 6.54 Å². The van der Waals surface area contributed by atoms with Gasteiger partial charge in [0.2, 0.25) is 0 Å². The van der Waals surface area contributed by atoms with E-state index in [1.54, 1.807) is 20.2 Å². The number of carboxylic acids is 2. The number of aliphatic hydroxyl groups is 1. The van der Waals surface area contributed by atoms with E-state index in [1.807, 2.05) is 0 Å². The highest BCUT2D eigenvalue weighted by molar-refractivity contribution is 5.73. The van der Waals surface area contributed by atoms with Crippen molar-refractivity contribution in [2.75, 3.05) is 19.7 Å². The number of aliphatic carboxylic acids is 2. The molecule has 1 rings (SSSR count). The fraction of sp³-hybridized carbons (Fsp3) is 0.643. The van der Waals surface area contributed by atoms with Crippen molar-refractivity contribution in [1.29, 1.82) is 0 Å². The lowest BCUT2D eigenvalue weighted by Crippen LogP contribution is -2.62. The van der Waals surface area contributed by atoms with Gasteiger partial charge in [0, 0.05) is 6.92 Å². The number of ether oxygens (including phenoxy) is 1. The summed E-state index contributed by atoms with van der Waals surface area (Å²) in [6, 6.07) is -0.729. The van der Waals surface area contributed by atoms with Crippen LogP contribution >= 0.6 is 0 Å². The van der Waals surface area contributed by atoms with Crippen molar-refractivity contribution < 1.29 is 34.1 Å². The molecule has 1 heterocycles. The van der Waals surface area contributed by atoms with E-state index in [1.165, 1.54) is 13.0 Å². The first-order valence-electron chi connectivity index (χ1n) is 6.93. The molecule has 0 aromatic rings. The largest absolute Gasteiger partial charge is 0.479 e. The quantitative estimate of drug-likeness (QED) is 0.460. The predicted octanol–water partition coefficient (Wildman–Crippen LogP) is 0.319. The van der Waals surface area contributed by atoms with E-state index < -0.39 is 30.3 Å². The fourth-order valence-electron chi connectivity index (χ4n) is 2.06. The van der Waals surface area contributed by atoms with Gasteiger partial charge in [-0.1, -0.05) is 6.08 Å². The molecule has 4 atom stereocenters. The highest BCUT2D eigenvalue weighted by atomic mass is 16.5. The maximum absolute atomic E-state index is 11.2. The number of carboxylic acid groups (broad SMARTS) is 2. The van der Waals surface area contributed by atoms with Crippen LogP contribution in [0.5, 0.6) is 0 Å². The lowest BCUT2D eigenvalue weighted by atomic mass is 10.2. The first-order chi connectivity index (χ1) is 10.2. The molecule has 126 valence electrons. The number of hydrogen-bond donors (Lipinski definition) is 3. The normalized spacial score (nSPS) is 23.8. The third kappa shape index (κ3) is 5.21. The maximum atomic E-state index is 11.2. The molecular weight excluding hydrogens is 292 g/mol. The zero-order valence-electron chi connectivity index (χ0n) is 13.2. The Morgan fingerprint density at radius 3 is 2.23 bits per heavy atom. The van der Waals surface area contributed by atoms with Crippen LogP contribution in [0, 0.1) is 0 Å². The van der Waals surface area contributed by atoms with Crippen molar-refractivity contribution in [3.63, 3.8) is 0 Å². The monoisotopic (exact) mass is 317 g/mol. The van der Waals surface area contributed by atoms with Crippen LogP contribution in [0.1, 0.15) is 20.8 Å². The molecule has 1 aliphatic heterocycles. The van der Waals surface area contributed by atoms with Crippen LogP contribution in [0.2, 0.25) is 0 Å². The minimum Gasteiger partial charge on any atom is -0.479 e. The average Bonchev–Trinajstić information content (AvgIpc) is 2.97. The van der Waals surface area contributed by atoms with E-state index in [0.717, 1.165) is 0 Å². The van der Waals surface area contributed by atoms with Gasteiger partial charge in [-0.25, -0.2) is 19.1 Å². The van der Waals surface area contributed by atoms with Gasteiger partial charge in [0.15, 0.2) is 24.7 Å². The predicted molar refractivity (Wildman–Crippen MR) is 80.5 cm³/mol. The highest BCUT2D eigenvalue weighted by Gasteiger charge is 2.46. The van der Waals surface area contributed by atoms with Gasteiger partial charge in [-0.15, -0.1) is 6.58 Å². The van der Waals surface area contributed by atoms with Crippen molar-refractivity contribution in [3.8, 4) is 0 Å². The Balaban J connectivity index is 0.000000980. The summed E-state index contributed by atoms with van der Waals surface area (Å²) in [5.74, 6) is -2.03. The van der Waals surface area contributed by atoms with Crippen LogP contribution in [0.15, 0.2) is 17.6 Å². The molecular formula is C14H25N2O6+. The van der Waals surface area contributed by atoms with Crippen LogP contribution in [0.4, 0.5) is 0 Å². The van der Waals surface area contributed by atoms with E-state index in [4.69, 9.17) is 20.1 Å². The van der Waals surface area contributed by atoms with E-state index in [9.17, 15) is 9.59 Å². The van der Waals surface area contributed by atoms with Crippen LogP contribution < -0.4 is 0 Å². The number of aliphatic hydroxyl groups excluding tert-OH is 1. The average molecular weight is 317 g/mol. The summed E-state index contributed by atoms with van der Waals surface area (Å²) in [7, 11) is 0. The van der Waals surface area contributed by atoms with Crippen LogP contribution in [-0.4, -0.2) is 76.1 Å². The Hall–Kier alpha value is -1.77. The summed E-state index contributed by atoms with van der Waals surface area (Å²) >= 11 is 0. The molecule has 0 radical (unpaired) electrons. The molecule has 8 heteroatoms. The smallest absolute Gasteiger partial charge is 0.362 e. The Kier molecular flexibility index (Phi) is 8.54. The van der Waals surface area contributed by atoms with Gasteiger partial charge in [-0.05, 0) is 13.8 Å². The third-order valence-corrected chi connectivity index (χ3v) is 3.55. The van der Waals surface area contributed by atoms with Crippen molar-refractivity contribution in [3.05, 3.63) is 12.7 Å². The minimum atomic E-state index is -1.07. The Morgan fingerprint density at radius 2 is 1.91 bits per heavy atom. The van der Waals surface area contributed by atoms with Gasteiger partial charge in [-0.3, -0.25) is 0 Å². The van der Waals surface area contributed by atoms with Gasteiger partial charge < -0.3 is 20.1 Å². The Labute approximate surface area is 129 Å². The van der Waals surface area contributed by atoms with Crippen molar-refractivity contribution in [2.45, 2.75) is 39.1 Å². The zero-order chi connectivity index (χ0) is 17.3. The first-order valence-corrected chi connectivity index (χ1v) is 6.93. The molecule has 0 aliphatic carbocycles. The lowest BCUT2D eigenvalue weighted by molar-refractivity contribution is -0.892. The second-order valence-corrected chi connectivity index (χ2v) is 4.94. The molecule has 0 saturated heterocycles. The number of hydrogen-bond acceptors (Lipinski definition) is 5. The molecule has 3 N–H and O–H groups in total. The molecule has 0 spiro atoms. The topological polar surface area (TPSA) is 116 Å². The van der Waals surface area contributed by atoms with Crippen LogP contribution in [0.25, 0.3) is 0 Å². The SMILES string of the molecule is C=CCO.CC(OC(C)[N+]1(C(C)C(=O)O)C=NCC1)C(=O)O. The lowest BCUT2D eigenvalue weighted by Gasteiger charge is -2.39. The number of carbonyl (C=O) groups is 2.